The Morgan fingerprint density at radius 3 is 2.27 bits per heavy atom. The van der Waals surface area contributed by atoms with Gasteiger partial charge in [0.25, 0.3) is 5.56 Å². The van der Waals surface area contributed by atoms with Crippen molar-refractivity contribution >= 4 is 39.0 Å². The zero-order chi connectivity index (χ0) is 17.9. The average Bonchev–Trinajstić information content (AvgIpc) is 2.68. The summed E-state index contributed by atoms with van der Waals surface area (Å²) < 4.78 is 2.61. The first kappa shape index (κ1) is 16.5. The van der Waals surface area contributed by atoms with Crippen LogP contribution in [0.1, 0.15) is 11.4 Å². The van der Waals surface area contributed by atoms with Crippen LogP contribution in [0.3, 0.4) is 0 Å². The molecule has 126 valence electrons. The minimum absolute atomic E-state index is 0.0781. The predicted molar refractivity (Wildman–Crippen MR) is 110 cm³/mol. The lowest BCUT2D eigenvalue weighted by molar-refractivity contribution is 0.943. The molecule has 0 N–H and O–H groups in total. The third-order valence-electron chi connectivity index (χ3n) is 4.11. The number of para-hydroxylation sites is 1. The van der Waals surface area contributed by atoms with Crippen LogP contribution >= 0.6 is 15.9 Å². The molecule has 0 unspecified atom stereocenters. The van der Waals surface area contributed by atoms with Gasteiger partial charge in [0.1, 0.15) is 5.82 Å². The maximum absolute atomic E-state index is 13.1. The maximum Gasteiger partial charge on any atom is 0.266 e. The molecule has 26 heavy (non-hydrogen) atoms. The van der Waals surface area contributed by atoms with Gasteiger partial charge in [0.15, 0.2) is 0 Å². The molecule has 0 bridgehead atoms. The number of hydrogen-bond donors (Lipinski definition) is 0. The Hall–Kier alpha value is -2.98. The van der Waals surface area contributed by atoms with Crippen LogP contribution in [0.5, 0.6) is 0 Å². The molecular formula is C22H15BrN2O. The summed E-state index contributed by atoms with van der Waals surface area (Å²) in [5, 5.41) is 0.604. The van der Waals surface area contributed by atoms with E-state index in [2.05, 4.69) is 15.9 Å². The summed E-state index contributed by atoms with van der Waals surface area (Å²) in [6.07, 6.45) is 3.84. The molecule has 0 radical (unpaired) electrons. The molecule has 1 aromatic heterocycles. The molecule has 0 aliphatic heterocycles. The van der Waals surface area contributed by atoms with Crippen LogP contribution in [-0.4, -0.2) is 9.55 Å². The van der Waals surface area contributed by atoms with E-state index in [0.717, 1.165) is 15.7 Å². The van der Waals surface area contributed by atoms with Gasteiger partial charge >= 0.3 is 0 Å². The summed E-state index contributed by atoms with van der Waals surface area (Å²) in [5.74, 6) is 0.597. The zero-order valence-corrected chi connectivity index (χ0v) is 15.4. The second kappa shape index (κ2) is 7.10. The molecule has 0 amide bonds. The van der Waals surface area contributed by atoms with Gasteiger partial charge in [0, 0.05) is 4.47 Å². The molecule has 0 spiro atoms. The van der Waals surface area contributed by atoms with Gasteiger partial charge < -0.3 is 0 Å². The second-order valence-electron chi connectivity index (χ2n) is 5.85. The Kier molecular flexibility index (Phi) is 4.50. The van der Waals surface area contributed by atoms with E-state index in [1.807, 2.05) is 91.0 Å². The summed E-state index contributed by atoms with van der Waals surface area (Å²) in [4.78, 5) is 17.8. The first-order valence-electron chi connectivity index (χ1n) is 8.23. The van der Waals surface area contributed by atoms with Crippen molar-refractivity contribution in [2.45, 2.75) is 0 Å². The fourth-order valence-corrected chi connectivity index (χ4v) is 3.10. The molecular weight excluding hydrogens is 388 g/mol. The van der Waals surface area contributed by atoms with Crippen molar-refractivity contribution < 1.29 is 0 Å². The van der Waals surface area contributed by atoms with Crippen molar-refractivity contribution in [3.05, 3.63) is 105 Å². The van der Waals surface area contributed by atoms with Crippen molar-refractivity contribution in [2.75, 3.05) is 0 Å². The van der Waals surface area contributed by atoms with Gasteiger partial charge in [-0.25, -0.2) is 4.98 Å². The number of fused-ring (bicyclic) bond motifs is 1. The topological polar surface area (TPSA) is 34.9 Å². The lowest BCUT2D eigenvalue weighted by Crippen LogP contribution is -2.22. The number of hydrogen-bond acceptors (Lipinski definition) is 2. The van der Waals surface area contributed by atoms with Crippen LogP contribution in [0.4, 0.5) is 0 Å². The van der Waals surface area contributed by atoms with Gasteiger partial charge in [0.2, 0.25) is 0 Å². The van der Waals surface area contributed by atoms with Crippen molar-refractivity contribution in [2.24, 2.45) is 0 Å². The van der Waals surface area contributed by atoms with Crippen LogP contribution in [-0.2, 0) is 0 Å². The van der Waals surface area contributed by atoms with Crippen LogP contribution in [0.15, 0.2) is 88.1 Å². The minimum atomic E-state index is -0.0781. The van der Waals surface area contributed by atoms with Crippen molar-refractivity contribution in [1.82, 2.24) is 9.55 Å². The number of rotatable bonds is 3. The summed E-state index contributed by atoms with van der Waals surface area (Å²) in [6, 6.07) is 25.0. The molecule has 3 nitrogen and oxygen atoms in total. The molecule has 4 aromatic rings. The van der Waals surface area contributed by atoms with E-state index >= 15 is 0 Å². The van der Waals surface area contributed by atoms with Crippen LogP contribution in [0.2, 0.25) is 0 Å². The fraction of sp³-hybridized carbons (Fsp3) is 0. The Balaban J connectivity index is 1.95. The quantitative estimate of drug-likeness (QED) is 0.464. The molecule has 3 aromatic carbocycles. The Bertz CT molecular complexity index is 1150. The van der Waals surface area contributed by atoms with E-state index in [-0.39, 0.29) is 5.56 Å². The number of benzene rings is 3. The number of aromatic nitrogens is 2. The van der Waals surface area contributed by atoms with Crippen LogP contribution in [0.25, 0.3) is 28.7 Å². The van der Waals surface area contributed by atoms with Crippen molar-refractivity contribution in [1.29, 1.82) is 0 Å². The largest absolute Gasteiger partial charge is 0.268 e. The molecule has 4 rings (SSSR count). The third kappa shape index (κ3) is 3.24. The first-order chi connectivity index (χ1) is 12.7. The van der Waals surface area contributed by atoms with E-state index in [1.165, 1.54) is 0 Å². The number of halogens is 1. The summed E-state index contributed by atoms with van der Waals surface area (Å²) >= 11 is 3.44. The highest BCUT2D eigenvalue weighted by atomic mass is 79.9. The maximum atomic E-state index is 13.1. The van der Waals surface area contributed by atoms with E-state index in [4.69, 9.17) is 4.98 Å². The molecule has 1 heterocycles. The lowest BCUT2D eigenvalue weighted by Gasteiger charge is -2.11. The standard InChI is InChI=1S/C22H15BrN2O/c23-17-11-13-18(14-12-17)25-21(15-10-16-6-2-1-3-7-16)24-20-9-5-4-8-19(20)22(25)26/h1-15H. The second-order valence-corrected chi connectivity index (χ2v) is 6.76. The zero-order valence-electron chi connectivity index (χ0n) is 13.8. The lowest BCUT2D eigenvalue weighted by atomic mass is 10.2. The van der Waals surface area contributed by atoms with E-state index in [9.17, 15) is 4.79 Å². The van der Waals surface area contributed by atoms with Crippen molar-refractivity contribution in [3.63, 3.8) is 0 Å². The highest BCUT2D eigenvalue weighted by Gasteiger charge is 2.10. The smallest absolute Gasteiger partial charge is 0.266 e. The molecule has 4 heteroatoms. The van der Waals surface area contributed by atoms with E-state index < -0.39 is 0 Å². The molecule has 0 saturated heterocycles. The highest BCUT2D eigenvalue weighted by Crippen LogP contribution is 2.17. The molecule has 0 saturated carbocycles. The van der Waals surface area contributed by atoms with E-state index in [0.29, 0.717) is 16.7 Å². The van der Waals surface area contributed by atoms with Gasteiger partial charge in [-0.15, -0.1) is 0 Å². The van der Waals surface area contributed by atoms with E-state index in [1.54, 1.807) is 4.57 Å². The molecule has 0 atom stereocenters. The Labute approximate surface area is 159 Å². The molecule has 0 aliphatic carbocycles. The summed E-state index contributed by atoms with van der Waals surface area (Å²) in [6.45, 7) is 0. The highest BCUT2D eigenvalue weighted by molar-refractivity contribution is 9.10. The normalized spacial score (nSPS) is 11.3. The summed E-state index contributed by atoms with van der Waals surface area (Å²) in [7, 11) is 0. The SMILES string of the molecule is O=c1c2ccccc2nc(C=Cc2ccccc2)n1-c1ccc(Br)cc1. The van der Waals surface area contributed by atoms with Crippen LogP contribution < -0.4 is 5.56 Å². The first-order valence-corrected chi connectivity index (χ1v) is 9.02. The van der Waals surface area contributed by atoms with Gasteiger partial charge in [-0.1, -0.05) is 64.5 Å². The molecule has 0 aliphatic rings. The number of nitrogens with zero attached hydrogens (tertiary/aromatic N) is 2. The predicted octanol–water partition coefficient (Wildman–Crippen LogP) is 5.32. The Morgan fingerprint density at radius 1 is 0.808 bits per heavy atom. The van der Waals surface area contributed by atoms with Gasteiger partial charge in [0.05, 0.1) is 16.6 Å². The monoisotopic (exact) mass is 402 g/mol. The third-order valence-corrected chi connectivity index (χ3v) is 4.64. The van der Waals surface area contributed by atoms with Crippen LogP contribution in [0, 0.1) is 0 Å². The fourth-order valence-electron chi connectivity index (χ4n) is 2.84. The van der Waals surface area contributed by atoms with Gasteiger partial charge in [-0.2, -0.15) is 0 Å². The average molecular weight is 403 g/mol. The van der Waals surface area contributed by atoms with Gasteiger partial charge in [-0.3, -0.25) is 9.36 Å². The minimum Gasteiger partial charge on any atom is -0.268 e. The molecule has 0 fully saturated rings. The summed E-state index contributed by atoms with van der Waals surface area (Å²) in [5.41, 5.74) is 2.45. The Morgan fingerprint density at radius 2 is 1.50 bits per heavy atom. The van der Waals surface area contributed by atoms with Crippen molar-refractivity contribution in [3.8, 4) is 5.69 Å². The van der Waals surface area contributed by atoms with Gasteiger partial charge in [-0.05, 0) is 48.0 Å².